The van der Waals surface area contributed by atoms with Gasteiger partial charge in [-0.3, -0.25) is 14.4 Å². The minimum Gasteiger partial charge on any atom is -0.352 e. The molecule has 10 heteroatoms. The van der Waals surface area contributed by atoms with E-state index in [2.05, 4.69) is 39.5 Å². The number of fused-ring (bicyclic) bond motifs is 2. The lowest BCUT2D eigenvalue weighted by atomic mass is 9.85. The molecule has 1 aromatic rings. The SMILES string of the molecule is CC.CNC(=O)N1CCC2C1CCN2C(=O)C(NC(=O)[C@H](C)NC)C(C)(C)C.O=CNC1CCCc2ccccc21. The highest BCUT2D eigenvalue weighted by Crippen LogP contribution is 2.34. The lowest BCUT2D eigenvalue weighted by Gasteiger charge is -2.36. The number of urea groups is 1. The number of hydrogen-bond donors (Lipinski definition) is 4. The van der Waals surface area contributed by atoms with Gasteiger partial charge in [-0.1, -0.05) is 58.9 Å². The summed E-state index contributed by atoms with van der Waals surface area (Å²) in [6.45, 7) is 12.9. The Kier molecular flexibility index (Phi) is 13.1. The van der Waals surface area contributed by atoms with Crippen LogP contribution in [0.15, 0.2) is 24.3 Å². The molecule has 1 aromatic carbocycles. The largest absolute Gasteiger partial charge is 0.352 e. The van der Waals surface area contributed by atoms with Crippen LogP contribution in [0.4, 0.5) is 4.79 Å². The van der Waals surface area contributed by atoms with Crippen LogP contribution < -0.4 is 21.3 Å². The molecule has 0 saturated carbocycles. The molecule has 2 saturated heterocycles. The van der Waals surface area contributed by atoms with Gasteiger partial charge in [-0.25, -0.2) is 4.79 Å². The molecule has 2 heterocycles. The van der Waals surface area contributed by atoms with Gasteiger partial charge in [0.15, 0.2) is 0 Å². The molecule has 5 amide bonds. The van der Waals surface area contributed by atoms with Gasteiger partial charge in [0.2, 0.25) is 18.2 Å². The van der Waals surface area contributed by atoms with E-state index in [-0.39, 0.29) is 42.0 Å². The highest BCUT2D eigenvalue weighted by Gasteiger charge is 2.48. The average molecular weight is 573 g/mol. The summed E-state index contributed by atoms with van der Waals surface area (Å²) in [5.41, 5.74) is 2.27. The number of amides is 5. The van der Waals surface area contributed by atoms with E-state index in [0.717, 1.165) is 32.1 Å². The quantitative estimate of drug-likeness (QED) is 0.391. The highest BCUT2D eigenvalue weighted by molar-refractivity contribution is 5.90. The maximum absolute atomic E-state index is 13.3. The minimum absolute atomic E-state index is 0.0308. The maximum atomic E-state index is 13.3. The van der Waals surface area contributed by atoms with Gasteiger partial charge in [-0.2, -0.15) is 0 Å². The first-order valence-electron chi connectivity index (χ1n) is 15.1. The fraction of sp³-hybridized carbons (Fsp3) is 0.677. The number of aryl methyl sites for hydroxylation is 1. The van der Waals surface area contributed by atoms with Crippen LogP contribution in [0.3, 0.4) is 0 Å². The first-order valence-corrected chi connectivity index (χ1v) is 15.1. The Balaban J connectivity index is 0.000000326. The average Bonchev–Trinajstić information content (AvgIpc) is 3.58. The van der Waals surface area contributed by atoms with Crippen LogP contribution in [0.2, 0.25) is 0 Å². The monoisotopic (exact) mass is 572 g/mol. The van der Waals surface area contributed by atoms with E-state index >= 15 is 0 Å². The summed E-state index contributed by atoms with van der Waals surface area (Å²) in [6.07, 6.45) is 5.74. The predicted molar refractivity (Wildman–Crippen MR) is 162 cm³/mol. The number of nitrogens with zero attached hydrogens (tertiary/aromatic N) is 2. The summed E-state index contributed by atoms with van der Waals surface area (Å²) in [4.78, 5) is 51.7. The Morgan fingerprint density at radius 3 is 2.17 bits per heavy atom. The smallest absolute Gasteiger partial charge is 0.317 e. The van der Waals surface area contributed by atoms with Crippen molar-refractivity contribution in [2.75, 3.05) is 27.2 Å². The van der Waals surface area contributed by atoms with Crippen LogP contribution in [0.5, 0.6) is 0 Å². The predicted octanol–water partition coefficient (Wildman–Crippen LogP) is 2.98. The molecular formula is C31H52N6O4. The van der Waals surface area contributed by atoms with Crippen LogP contribution >= 0.6 is 0 Å². The second kappa shape index (κ2) is 15.7. The fourth-order valence-corrected chi connectivity index (χ4v) is 5.88. The molecule has 3 aliphatic rings. The Morgan fingerprint density at radius 2 is 1.59 bits per heavy atom. The van der Waals surface area contributed by atoms with Crippen LogP contribution in [0, 0.1) is 5.41 Å². The number of rotatable bonds is 6. The second-order valence-electron chi connectivity index (χ2n) is 11.7. The summed E-state index contributed by atoms with van der Waals surface area (Å²) in [5.74, 6) is -0.240. The Labute approximate surface area is 246 Å². The number of hydrogen-bond acceptors (Lipinski definition) is 5. The van der Waals surface area contributed by atoms with Crippen LogP contribution in [-0.4, -0.2) is 85.4 Å². The van der Waals surface area contributed by atoms with Crippen molar-refractivity contribution in [3.63, 3.8) is 0 Å². The number of benzene rings is 1. The third kappa shape index (κ3) is 8.44. The molecule has 0 aromatic heterocycles. The Bertz CT molecular complexity index is 1030. The Hall–Kier alpha value is -3.14. The zero-order valence-corrected chi connectivity index (χ0v) is 26.3. The molecule has 0 radical (unpaired) electrons. The first kappa shape index (κ1) is 34.1. The summed E-state index contributed by atoms with van der Waals surface area (Å²) >= 11 is 0. The molecule has 5 atom stereocenters. The van der Waals surface area contributed by atoms with Gasteiger partial charge in [-0.15, -0.1) is 0 Å². The van der Waals surface area contributed by atoms with Gasteiger partial charge < -0.3 is 31.1 Å². The van der Waals surface area contributed by atoms with E-state index in [4.69, 9.17) is 0 Å². The maximum Gasteiger partial charge on any atom is 0.317 e. The summed E-state index contributed by atoms with van der Waals surface area (Å²) in [6, 6.07) is 7.62. The molecule has 2 aliphatic heterocycles. The molecule has 4 unspecified atom stereocenters. The summed E-state index contributed by atoms with van der Waals surface area (Å²) in [7, 11) is 3.34. The van der Waals surface area contributed by atoms with E-state index in [1.165, 1.54) is 17.5 Å². The molecule has 4 N–H and O–H groups in total. The summed E-state index contributed by atoms with van der Waals surface area (Å²) in [5, 5.41) is 11.4. The van der Waals surface area contributed by atoms with Crippen LogP contribution in [0.1, 0.15) is 84.4 Å². The number of likely N-dealkylation sites (tertiary alicyclic amines) is 2. The Morgan fingerprint density at radius 1 is 0.976 bits per heavy atom. The van der Waals surface area contributed by atoms with Gasteiger partial charge >= 0.3 is 6.03 Å². The molecule has 2 fully saturated rings. The molecule has 230 valence electrons. The van der Waals surface area contributed by atoms with Gasteiger partial charge in [0.05, 0.1) is 24.2 Å². The molecular weight excluding hydrogens is 520 g/mol. The van der Waals surface area contributed by atoms with Crippen molar-refractivity contribution in [2.24, 2.45) is 5.41 Å². The van der Waals surface area contributed by atoms with E-state index in [0.29, 0.717) is 13.1 Å². The second-order valence-corrected chi connectivity index (χ2v) is 11.7. The third-order valence-corrected chi connectivity index (χ3v) is 8.20. The van der Waals surface area contributed by atoms with Gasteiger partial charge in [0.1, 0.15) is 6.04 Å². The van der Waals surface area contributed by atoms with Crippen molar-refractivity contribution >= 4 is 24.3 Å². The van der Waals surface area contributed by atoms with Crippen molar-refractivity contribution in [3.05, 3.63) is 35.4 Å². The lowest BCUT2D eigenvalue weighted by Crippen LogP contribution is -2.58. The minimum atomic E-state index is -0.599. The van der Waals surface area contributed by atoms with Crippen molar-refractivity contribution in [3.8, 4) is 0 Å². The van der Waals surface area contributed by atoms with E-state index in [1.807, 2.05) is 50.5 Å². The third-order valence-electron chi connectivity index (χ3n) is 8.20. The zero-order valence-electron chi connectivity index (χ0n) is 26.3. The lowest BCUT2D eigenvalue weighted by molar-refractivity contribution is -0.140. The van der Waals surface area contributed by atoms with E-state index < -0.39 is 11.5 Å². The molecule has 4 rings (SSSR count). The number of likely N-dealkylation sites (N-methyl/N-ethyl adjacent to an activating group) is 1. The van der Waals surface area contributed by atoms with Crippen molar-refractivity contribution < 1.29 is 19.2 Å². The molecule has 0 spiro atoms. The molecule has 0 bridgehead atoms. The van der Waals surface area contributed by atoms with E-state index in [9.17, 15) is 19.2 Å². The summed E-state index contributed by atoms with van der Waals surface area (Å²) < 4.78 is 0. The van der Waals surface area contributed by atoms with Crippen molar-refractivity contribution in [1.29, 1.82) is 0 Å². The topological polar surface area (TPSA) is 123 Å². The standard InChI is InChI=1S/C18H33N5O3.C11H13NO.C2H6/c1-11(19-5)15(24)21-14(18(2,3)4)16(25)22-9-7-13-12(22)8-10-23(13)17(26)20-6;13-8-12-11-7-3-5-9-4-1-2-6-10(9)11;1-2/h11-14,19H,7-10H2,1-6H3,(H,20,26)(H,21,24);1-2,4,6,8,11H,3,5,7H2,(H,12,13);1-2H3/t11-,12?,13?,14?;;/m0../s1. The van der Waals surface area contributed by atoms with Gasteiger partial charge in [-0.05, 0) is 62.6 Å². The fourth-order valence-electron chi connectivity index (χ4n) is 5.88. The van der Waals surface area contributed by atoms with Gasteiger partial charge in [0.25, 0.3) is 0 Å². The van der Waals surface area contributed by atoms with Crippen molar-refractivity contribution in [1.82, 2.24) is 31.1 Å². The van der Waals surface area contributed by atoms with Crippen LogP contribution in [0.25, 0.3) is 0 Å². The highest BCUT2D eigenvalue weighted by atomic mass is 16.2. The molecule has 41 heavy (non-hydrogen) atoms. The number of carbonyl (C=O) groups is 4. The normalized spacial score (nSPS) is 22.4. The van der Waals surface area contributed by atoms with Gasteiger partial charge in [0, 0.05) is 20.1 Å². The van der Waals surface area contributed by atoms with E-state index in [1.54, 1.807) is 21.0 Å². The van der Waals surface area contributed by atoms with Crippen LogP contribution in [-0.2, 0) is 20.8 Å². The first-order chi connectivity index (χ1) is 19.5. The zero-order chi connectivity index (χ0) is 30.7. The van der Waals surface area contributed by atoms with Crippen molar-refractivity contribution in [2.45, 2.75) is 104 Å². The number of nitrogens with one attached hydrogen (secondary N) is 4. The molecule has 10 nitrogen and oxygen atoms in total. The molecule has 1 aliphatic carbocycles. The number of carbonyl (C=O) groups excluding carboxylic acids is 4.